The minimum atomic E-state index is -1.17. The topological polar surface area (TPSA) is 63.3 Å². The van der Waals surface area contributed by atoms with Gasteiger partial charge in [0.05, 0.1) is 0 Å². The molecule has 0 aliphatic carbocycles. The number of halogens is 1. The van der Waals surface area contributed by atoms with Gasteiger partial charge in [0.2, 0.25) is 5.89 Å². The average molecular weight is 257 g/mol. The zero-order chi connectivity index (χ0) is 13.4. The van der Waals surface area contributed by atoms with E-state index in [-0.39, 0.29) is 17.4 Å². The molecule has 1 aromatic heterocycles. The van der Waals surface area contributed by atoms with Crippen molar-refractivity contribution in [1.82, 2.24) is 4.98 Å². The van der Waals surface area contributed by atoms with Crippen LogP contribution in [0.25, 0.3) is 22.2 Å². The van der Waals surface area contributed by atoms with Crippen LogP contribution in [0.4, 0.5) is 4.39 Å². The Bertz CT molecular complexity index is 779. The number of hydrogen-bond donors (Lipinski definition) is 1. The Morgan fingerprint density at radius 1 is 1.16 bits per heavy atom. The number of nitrogens with zero attached hydrogens (tertiary/aromatic N) is 1. The van der Waals surface area contributed by atoms with Crippen molar-refractivity contribution in [2.75, 3.05) is 0 Å². The summed E-state index contributed by atoms with van der Waals surface area (Å²) in [5.41, 5.74) is 0.382. The summed E-state index contributed by atoms with van der Waals surface area (Å²) < 4.78 is 18.8. The fourth-order valence-electron chi connectivity index (χ4n) is 1.94. The number of rotatable bonds is 2. The second kappa shape index (κ2) is 4.20. The monoisotopic (exact) mass is 257 g/mol. The SMILES string of the molecule is O=C(O)c1coc(-c2ccc(F)c3ccccc23)n1. The lowest BCUT2D eigenvalue weighted by atomic mass is 10.0. The maximum atomic E-state index is 13.7. The van der Waals surface area contributed by atoms with Crippen molar-refractivity contribution < 1.29 is 18.7 Å². The van der Waals surface area contributed by atoms with Gasteiger partial charge in [-0.25, -0.2) is 14.2 Å². The number of hydrogen-bond acceptors (Lipinski definition) is 3. The number of benzene rings is 2. The summed E-state index contributed by atoms with van der Waals surface area (Å²) in [6, 6.07) is 9.71. The van der Waals surface area contributed by atoms with Gasteiger partial charge in [-0.3, -0.25) is 0 Å². The molecule has 0 unspecified atom stereocenters. The van der Waals surface area contributed by atoms with Gasteiger partial charge >= 0.3 is 5.97 Å². The van der Waals surface area contributed by atoms with Crippen LogP contribution in [0.2, 0.25) is 0 Å². The van der Waals surface area contributed by atoms with Crippen LogP contribution < -0.4 is 0 Å². The summed E-state index contributed by atoms with van der Waals surface area (Å²) in [5.74, 6) is -1.35. The van der Waals surface area contributed by atoms with Gasteiger partial charge in [0.25, 0.3) is 0 Å². The highest BCUT2D eigenvalue weighted by Crippen LogP contribution is 2.29. The third-order valence-corrected chi connectivity index (χ3v) is 2.82. The van der Waals surface area contributed by atoms with E-state index in [0.717, 1.165) is 6.26 Å². The fourth-order valence-corrected chi connectivity index (χ4v) is 1.94. The van der Waals surface area contributed by atoms with Crippen molar-refractivity contribution in [1.29, 1.82) is 0 Å². The van der Waals surface area contributed by atoms with Gasteiger partial charge in [0.15, 0.2) is 5.69 Å². The number of carboxylic acid groups (broad SMARTS) is 1. The Morgan fingerprint density at radius 2 is 1.89 bits per heavy atom. The van der Waals surface area contributed by atoms with E-state index in [1.807, 2.05) is 0 Å². The Balaban J connectivity index is 2.24. The lowest BCUT2D eigenvalue weighted by molar-refractivity contribution is 0.0690. The molecule has 3 aromatic rings. The van der Waals surface area contributed by atoms with Crippen LogP contribution >= 0.6 is 0 Å². The molecule has 0 spiro atoms. The number of oxazole rings is 1. The Hall–Kier alpha value is -2.69. The van der Waals surface area contributed by atoms with Gasteiger partial charge in [-0.05, 0) is 17.5 Å². The first-order chi connectivity index (χ1) is 9.16. The van der Waals surface area contributed by atoms with Crippen molar-refractivity contribution in [3.63, 3.8) is 0 Å². The third-order valence-electron chi connectivity index (χ3n) is 2.82. The number of fused-ring (bicyclic) bond motifs is 1. The molecule has 0 amide bonds. The zero-order valence-electron chi connectivity index (χ0n) is 9.63. The Morgan fingerprint density at radius 3 is 2.58 bits per heavy atom. The Kier molecular flexibility index (Phi) is 2.52. The maximum absolute atomic E-state index is 13.7. The number of carboxylic acids is 1. The van der Waals surface area contributed by atoms with Crippen molar-refractivity contribution >= 4 is 16.7 Å². The van der Waals surface area contributed by atoms with E-state index in [9.17, 15) is 9.18 Å². The summed E-state index contributed by atoms with van der Waals surface area (Å²) in [6.07, 6.45) is 1.07. The molecule has 0 aliphatic heterocycles. The van der Waals surface area contributed by atoms with Gasteiger partial charge in [-0.2, -0.15) is 0 Å². The second-order valence-electron chi connectivity index (χ2n) is 3.98. The molecular formula is C14H8FNO3. The highest BCUT2D eigenvalue weighted by Gasteiger charge is 2.15. The first-order valence-corrected chi connectivity index (χ1v) is 5.53. The molecule has 0 fully saturated rings. The molecule has 3 rings (SSSR count). The molecule has 0 atom stereocenters. The normalized spacial score (nSPS) is 10.8. The Labute approximate surface area is 107 Å². The number of carbonyl (C=O) groups is 1. The van der Waals surface area contributed by atoms with Crippen LogP contribution in [0.15, 0.2) is 47.1 Å². The smallest absolute Gasteiger partial charge is 0.357 e. The van der Waals surface area contributed by atoms with Crippen LogP contribution in [0.5, 0.6) is 0 Å². The first-order valence-electron chi connectivity index (χ1n) is 5.53. The van der Waals surface area contributed by atoms with Crippen LogP contribution in [0.3, 0.4) is 0 Å². The summed E-state index contributed by atoms with van der Waals surface area (Å²) in [5, 5.41) is 9.89. The second-order valence-corrected chi connectivity index (χ2v) is 3.98. The molecule has 94 valence electrons. The molecule has 0 aliphatic rings. The predicted molar refractivity (Wildman–Crippen MR) is 66.4 cm³/mol. The number of aromatic carboxylic acids is 1. The molecule has 2 aromatic carbocycles. The standard InChI is InChI=1S/C14H8FNO3/c15-11-6-5-10(8-3-1-2-4-9(8)11)13-16-12(7-19-13)14(17)18/h1-7H,(H,17,18). The van der Waals surface area contributed by atoms with Crippen LogP contribution in [-0.2, 0) is 0 Å². The first kappa shape index (κ1) is 11.4. The van der Waals surface area contributed by atoms with Gasteiger partial charge in [0, 0.05) is 10.9 Å². The number of aromatic nitrogens is 1. The zero-order valence-corrected chi connectivity index (χ0v) is 9.63. The minimum Gasteiger partial charge on any atom is -0.476 e. The van der Waals surface area contributed by atoms with E-state index in [1.54, 1.807) is 24.3 Å². The summed E-state index contributed by atoms with van der Waals surface area (Å²) in [7, 11) is 0. The largest absolute Gasteiger partial charge is 0.476 e. The van der Waals surface area contributed by atoms with Crippen LogP contribution in [-0.4, -0.2) is 16.1 Å². The highest BCUT2D eigenvalue weighted by molar-refractivity contribution is 5.95. The van der Waals surface area contributed by atoms with Crippen LogP contribution in [0, 0.1) is 5.82 Å². The van der Waals surface area contributed by atoms with E-state index < -0.39 is 5.97 Å². The molecule has 19 heavy (non-hydrogen) atoms. The third kappa shape index (κ3) is 1.85. The molecule has 0 saturated carbocycles. The molecule has 0 radical (unpaired) electrons. The molecular weight excluding hydrogens is 249 g/mol. The molecule has 1 heterocycles. The van der Waals surface area contributed by atoms with Gasteiger partial charge in [0.1, 0.15) is 12.1 Å². The molecule has 4 nitrogen and oxygen atoms in total. The average Bonchev–Trinajstić information content (AvgIpc) is 2.89. The van der Waals surface area contributed by atoms with E-state index in [0.29, 0.717) is 16.3 Å². The quantitative estimate of drug-likeness (QED) is 0.764. The van der Waals surface area contributed by atoms with Crippen molar-refractivity contribution in [2.45, 2.75) is 0 Å². The molecule has 1 N–H and O–H groups in total. The van der Waals surface area contributed by atoms with E-state index >= 15 is 0 Å². The van der Waals surface area contributed by atoms with Gasteiger partial charge in [-0.1, -0.05) is 24.3 Å². The minimum absolute atomic E-state index is 0.161. The summed E-state index contributed by atoms with van der Waals surface area (Å²) >= 11 is 0. The lowest BCUT2D eigenvalue weighted by Crippen LogP contribution is -1.95. The predicted octanol–water partition coefficient (Wildman–Crippen LogP) is 3.33. The highest BCUT2D eigenvalue weighted by atomic mass is 19.1. The van der Waals surface area contributed by atoms with E-state index in [1.165, 1.54) is 12.1 Å². The molecule has 0 bridgehead atoms. The molecule has 0 saturated heterocycles. The lowest BCUT2D eigenvalue weighted by Gasteiger charge is -2.03. The van der Waals surface area contributed by atoms with E-state index in [2.05, 4.69) is 4.98 Å². The summed E-state index contributed by atoms with van der Waals surface area (Å²) in [6.45, 7) is 0. The van der Waals surface area contributed by atoms with Gasteiger partial charge < -0.3 is 9.52 Å². The maximum Gasteiger partial charge on any atom is 0.357 e. The molecule has 5 heteroatoms. The van der Waals surface area contributed by atoms with Crippen LogP contribution in [0.1, 0.15) is 10.5 Å². The fraction of sp³-hybridized carbons (Fsp3) is 0. The van der Waals surface area contributed by atoms with Crippen molar-refractivity contribution in [2.24, 2.45) is 0 Å². The van der Waals surface area contributed by atoms with Crippen molar-refractivity contribution in [3.8, 4) is 11.5 Å². The summed E-state index contributed by atoms with van der Waals surface area (Å²) in [4.78, 5) is 14.7. The van der Waals surface area contributed by atoms with E-state index in [4.69, 9.17) is 9.52 Å². The van der Waals surface area contributed by atoms with Gasteiger partial charge in [-0.15, -0.1) is 0 Å². The van der Waals surface area contributed by atoms with Crippen molar-refractivity contribution in [3.05, 3.63) is 54.2 Å².